The van der Waals surface area contributed by atoms with Gasteiger partial charge in [-0.1, -0.05) is 53.7 Å². The van der Waals surface area contributed by atoms with Gasteiger partial charge in [-0.2, -0.15) is 0 Å². The monoisotopic (exact) mass is 336 g/mol. The zero-order valence-electron chi connectivity index (χ0n) is 13.6. The molecule has 0 N–H and O–H groups in total. The highest BCUT2D eigenvalue weighted by Crippen LogP contribution is 2.24. The zero-order valence-corrected chi connectivity index (χ0v) is 13.6. The van der Waals surface area contributed by atoms with Crippen molar-refractivity contribution in [2.24, 2.45) is 0 Å². The summed E-state index contributed by atoms with van der Waals surface area (Å²) in [7, 11) is 0. The highest BCUT2D eigenvalue weighted by molar-refractivity contribution is 5.72. The van der Waals surface area contributed by atoms with Crippen molar-refractivity contribution in [2.75, 3.05) is 0 Å². The van der Waals surface area contributed by atoms with Gasteiger partial charge in [-0.3, -0.25) is 10.1 Å². The van der Waals surface area contributed by atoms with Crippen molar-refractivity contribution in [1.29, 1.82) is 0 Å². The topological polar surface area (TPSA) is 78.4 Å². The van der Waals surface area contributed by atoms with Crippen LogP contribution in [0.15, 0.2) is 59.1 Å². The second-order valence-corrected chi connectivity index (χ2v) is 5.41. The van der Waals surface area contributed by atoms with E-state index in [1.807, 2.05) is 54.6 Å². The van der Waals surface area contributed by atoms with Crippen molar-refractivity contribution in [3.8, 4) is 5.75 Å². The molecule has 3 rings (SSSR count). The first-order chi connectivity index (χ1) is 12.1. The summed E-state index contributed by atoms with van der Waals surface area (Å²) in [5.74, 6) is 0.943. The fourth-order valence-corrected chi connectivity index (χ4v) is 2.31. The minimum absolute atomic E-state index is 0.112. The predicted molar refractivity (Wildman–Crippen MR) is 94.0 cm³/mol. The molecule has 0 atom stereocenters. The van der Waals surface area contributed by atoms with E-state index in [-0.39, 0.29) is 17.1 Å². The van der Waals surface area contributed by atoms with Crippen molar-refractivity contribution >= 4 is 17.8 Å². The average Bonchev–Trinajstić information content (AvgIpc) is 3.01. The van der Waals surface area contributed by atoms with Crippen LogP contribution in [0, 0.1) is 17.0 Å². The van der Waals surface area contributed by atoms with Gasteiger partial charge in [0, 0.05) is 6.92 Å². The van der Waals surface area contributed by atoms with Crippen molar-refractivity contribution in [3.05, 3.63) is 87.3 Å². The van der Waals surface area contributed by atoms with Gasteiger partial charge in [0.1, 0.15) is 12.4 Å². The quantitative estimate of drug-likeness (QED) is 0.484. The molecule has 2 aromatic carbocycles. The molecule has 6 nitrogen and oxygen atoms in total. The molecule has 0 saturated carbocycles. The van der Waals surface area contributed by atoms with Gasteiger partial charge < -0.3 is 9.26 Å². The lowest BCUT2D eigenvalue weighted by Gasteiger charge is -2.06. The highest BCUT2D eigenvalue weighted by Gasteiger charge is 2.21. The molecule has 0 radical (unpaired) electrons. The van der Waals surface area contributed by atoms with E-state index < -0.39 is 4.92 Å². The van der Waals surface area contributed by atoms with Gasteiger partial charge in [0.2, 0.25) is 5.76 Å². The second-order valence-electron chi connectivity index (χ2n) is 5.41. The van der Waals surface area contributed by atoms with E-state index in [9.17, 15) is 10.1 Å². The molecular formula is C19H16N2O4. The van der Waals surface area contributed by atoms with Crippen molar-refractivity contribution in [2.45, 2.75) is 13.5 Å². The predicted octanol–water partition coefficient (Wildman–Crippen LogP) is 4.64. The Morgan fingerprint density at radius 1 is 1.12 bits per heavy atom. The maximum atomic E-state index is 11.0. The van der Waals surface area contributed by atoms with E-state index in [4.69, 9.17) is 9.26 Å². The molecule has 0 unspecified atom stereocenters. The Bertz CT molecular complexity index is 884. The lowest BCUT2D eigenvalue weighted by molar-refractivity contribution is -0.386. The first-order valence-corrected chi connectivity index (χ1v) is 7.69. The first-order valence-electron chi connectivity index (χ1n) is 7.69. The third-order valence-corrected chi connectivity index (χ3v) is 3.60. The molecule has 6 heteroatoms. The molecule has 0 spiro atoms. The number of nitro groups is 1. The number of hydrogen-bond donors (Lipinski definition) is 0. The van der Waals surface area contributed by atoms with E-state index in [0.29, 0.717) is 6.61 Å². The van der Waals surface area contributed by atoms with Crippen LogP contribution in [-0.2, 0) is 6.61 Å². The van der Waals surface area contributed by atoms with Crippen LogP contribution in [0.25, 0.3) is 12.2 Å². The smallest absolute Gasteiger partial charge is 0.338 e. The summed E-state index contributed by atoms with van der Waals surface area (Å²) in [6.07, 6.45) is 3.31. The number of benzene rings is 2. The lowest BCUT2D eigenvalue weighted by atomic mass is 10.2. The molecule has 0 bridgehead atoms. The fraction of sp³-hybridized carbons (Fsp3) is 0.105. The van der Waals surface area contributed by atoms with Gasteiger partial charge in [-0.15, -0.1) is 0 Å². The van der Waals surface area contributed by atoms with Crippen molar-refractivity contribution in [3.63, 3.8) is 0 Å². The van der Waals surface area contributed by atoms with Crippen LogP contribution in [0.4, 0.5) is 5.69 Å². The Balaban J connectivity index is 1.66. The van der Waals surface area contributed by atoms with Crippen LogP contribution >= 0.6 is 0 Å². The van der Waals surface area contributed by atoms with Crippen molar-refractivity contribution < 1.29 is 14.2 Å². The van der Waals surface area contributed by atoms with Gasteiger partial charge in [-0.05, 0) is 29.3 Å². The molecule has 3 aromatic rings. The number of rotatable bonds is 6. The molecule has 0 saturated heterocycles. The Morgan fingerprint density at radius 3 is 2.52 bits per heavy atom. The number of aryl methyl sites for hydroxylation is 1. The van der Waals surface area contributed by atoms with Crippen LogP contribution < -0.4 is 4.74 Å². The van der Waals surface area contributed by atoms with E-state index >= 15 is 0 Å². The lowest BCUT2D eigenvalue weighted by Crippen LogP contribution is -1.94. The normalized spacial score (nSPS) is 10.9. The number of nitrogens with zero attached hydrogens (tertiary/aromatic N) is 2. The zero-order chi connectivity index (χ0) is 17.6. The van der Waals surface area contributed by atoms with Gasteiger partial charge in [-0.25, -0.2) is 0 Å². The first kappa shape index (κ1) is 16.4. The standard InChI is InChI=1S/C19H16N2O4/c1-14-19(21(22)23)18(20-25-14)12-9-15-7-10-17(11-8-15)24-13-16-5-3-2-4-6-16/h2-12H,13H2,1H3. The molecule has 126 valence electrons. The van der Waals surface area contributed by atoms with Crippen LogP contribution in [0.2, 0.25) is 0 Å². The van der Waals surface area contributed by atoms with Crippen LogP contribution in [0.5, 0.6) is 5.75 Å². The Labute approximate surface area is 144 Å². The van der Waals surface area contributed by atoms with Gasteiger partial charge >= 0.3 is 5.69 Å². The highest BCUT2D eigenvalue weighted by atomic mass is 16.6. The molecule has 25 heavy (non-hydrogen) atoms. The number of hydrogen-bond acceptors (Lipinski definition) is 5. The van der Waals surface area contributed by atoms with Crippen LogP contribution in [0.3, 0.4) is 0 Å². The summed E-state index contributed by atoms with van der Waals surface area (Å²) in [5, 5.41) is 14.7. The van der Waals surface area contributed by atoms with Crippen molar-refractivity contribution in [1.82, 2.24) is 5.16 Å². The third kappa shape index (κ3) is 4.11. The minimum Gasteiger partial charge on any atom is -0.489 e. The molecule has 0 aliphatic carbocycles. The van der Waals surface area contributed by atoms with E-state index in [1.165, 1.54) is 6.92 Å². The fourth-order valence-electron chi connectivity index (χ4n) is 2.31. The Kier molecular flexibility index (Phi) is 4.89. The largest absolute Gasteiger partial charge is 0.489 e. The van der Waals surface area contributed by atoms with Gasteiger partial charge in [0.25, 0.3) is 0 Å². The van der Waals surface area contributed by atoms with E-state index in [0.717, 1.165) is 16.9 Å². The molecule has 0 fully saturated rings. The molecular weight excluding hydrogens is 320 g/mol. The summed E-state index contributed by atoms with van der Waals surface area (Å²) >= 11 is 0. The molecule has 0 amide bonds. The van der Waals surface area contributed by atoms with E-state index in [1.54, 1.807) is 12.2 Å². The van der Waals surface area contributed by atoms with Crippen LogP contribution in [0.1, 0.15) is 22.6 Å². The van der Waals surface area contributed by atoms with Gasteiger partial charge in [0.15, 0.2) is 5.69 Å². The summed E-state index contributed by atoms with van der Waals surface area (Å²) in [6.45, 7) is 2.02. The molecule has 1 heterocycles. The average molecular weight is 336 g/mol. The summed E-state index contributed by atoms with van der Waals surface area (Å²) in [6, 6.07) is 17.4. The molecule has 0 aliphatic rings. The van der Waals surface area contributed by atoms with Gasteiger partial charge in [0.05, 0.1) is 4.92 Å². The maximum absolute atomic E-state index is 11.0. The van der Waals surface area contributed by atoms with Crippen LogP contribution in [-0.4, -0.2) is 10.1 Å². The Hall–Kier alpha value is -3.41. The maximum Gasteiger partial charge on any atom is 0.338 e. The molecule has 0 aliphatic heterocycles. The minimum atomic E-state index is -0.494. The number of ether oxygens (including phenoxy) is 1. The number of aromatic nitrogens is 1. The Morgan fingerprint density at radius 2 is 1.84 bits per heavy atom. The molecule has 1 aromatic heterocycles. The third-order valence-electron chi connectivity index (χ3n) is 3.60. The van der Waals surface area contributed by atoms with E-state index in [2.05, 4.69) is 5.16 Å². The SMILES string of the molecule is Cc1onc(C=Cc2ccc(OCc3ccccc3)cc2)c1[N+](=O)[O-]. The summed E-state index contributed by atoms with van der Waals surface area (Å²) < 4.78 is 10.6. The summed E-state index contributed by atoms with van der Waals surface area (Å²) in [4.78, 5) is 10.5. The second kappa shape index (κ2) is 7.44. The summed E-state index contributed by atoms with van der Waals surface area (Å²) in [5.41, 5.74) is 2.06.